The number of quaternary nitrogens is 1. The molecule has 28 heavy (non-hydrogen) atoms. The largest absolute Gasteiger partial charge is 0.489 e. The van der Waals surface area contributed by atoms with Gasteiger partial charge in [-0.1, -0.05) is 117 Å². The van der Waals surface area contributed by atoms with Crippen LogP contribution in [-0.4, -0.2) is 42.1 Å². The van der Waals surface area contributed by atoms with Gasteiger partial charge in [0.15, 0.2) is 0 Å². The van der Waals surface area contributed by atoms with Gasteiger partial charge < -0.3 is 18.8 Å². The lowest BCUT2D eigenvalue weighted by molar-refractivity contribution is -0.888. The average Bonchev–Trinajstić information content (AvgIpc) is 2.64. The number of hydrogen-bond donors (Lipinski definition) is 1. The molecule has 0 aromatic heterocycles. The molecule has 170 valence electrons. The van der Waals surface area contributed by atoms with Gasteiger partial charge >= 0.3 is 0 Å². The van der Waals surface area contributed by atoms with E-state index in [2.05, 4.69) is 44.2 Å². The van der Waals surface area contributed by atoms with Crippen LogP contribution < -0.4 is 0 Å². The summed E-state index contributed by atoms with van der Waals surface area (Å²) >= 11 is 0. The van der Waals surface area contributed by atoms with Crippen LogP contribution in [0.1, 0.15) is 129 Å². The Balaban J connectivity index is 4.20. The molecule has 0 spiro atoms. The monoisotopic (exact) mass is 415 g/mol. The Kier molecular flexibility index (Phi) is 17.3. The number of hydrogen-bond acceptors (Lipinski definition) is 1. The molecule has 1 N–H and O–H groups in total. The summed E-state index contributed by atoms with van der Waals surface area (Å²) in [6, 6.07) is 0. The molecular weight excluding hydrogens is 361 g/mol. The van der Waals surface area contributed by atoms with Crippen molar-refractivity contribution in [3.8, 4) is 0 Å². The minimum atomic E-state index is -0.584. The van der Waals surface area contributed by atoms with Crippen molar-refractivity contribution in [1.29, 1.82) is 0 Å². The third-order valence-electron chi connectivity index (χ3n) is 6.21. The normalized spacial score (nSPS) is 13.8. The second-order valence-electron chi connectivity index (χ2n) is 10.1. The first-order valence-corrected chi connectivity index (χ1v) is 13.1. The molecule has 0 bridgehead atoms. The van der Waals surface area contributed by atoms with Crippen molar-refractivity contribution in [3.05, 3.63) is 0 Å². The second-order valence-corrected chi connectivity index (χ2v) is 10.6. The van der Waals surface area contributed by atoms with E-state index in [1.807, 2.05) is 0 Å². The quantitative estimate of drug-likeness (QED) is 0.121. The van der Waals surface area contributed by atoms with Crippen molar-refractivity contribution < 1.29 is 9.59 Å². The summed E-state index contributed by atoms with van der Waals surface area (Å²) in [6.07, 6.45) is 23.1. The lowest BCUT2D eigenvalue weighted by Gasteiger charge is -2.49. The van der Waals surface area contributed by atoms with Crippen molar-refractivity contribution >= 4 is 9.24 Å². The van der Waals surface area contributed by atoms with Crippen LogP contribution in [0.3, 0.4) is 0 Å². The summed E-state index contributed by atoms with van der Waals surface area (Å²) in [5, 5.41) is 11.5. The van der Waals surface area contributed by atoms with Crippen molar-refractivity contribution in [2.45, 2.75) is 141 Å². The van der Waals surface area contributed by atoms with E-state index < -0.39 is 5.60 Å². The van der Waals surface area contributed by atoms with E-state index in [0.717, 1.165) is 30.2 Å². The van der Waals surface area contributed by atoms with Gasteiger partial charge in [0.2, 0.25) is 0 Å². The van der Waals surface area contributed by atoms with Gasteiger partial charge in [-0.2, -0.15) is 0 Å². The van der Waals surface area contributed by atoms with Gasteiger partial charge in [-0.3, -0.25) is 0 Å². The highest BCUT2D eigenvalue weighted by Crippen LogP contribution is 2.34. The summed E-state index contributed by atoms with van der Waals surface area (Å²) in [6.45, 7) is 4.55. The van der Waals surface area contributed by atoms with Gasteiger partial charge in [0.1, 0.15) is 0 Å². The van der Waals surface area contributed by atoms with Crippen molar-refractivity contribution in [2.24, 2.45) is 0 Å². The van der Waals surface area contributed by atoms with Crippen LogP contribution >= 0.6 is 9.24 Å². The van der Waals surface area contributed by atoms with Gasteiger partial charge in [-0.05, 0) is 18.6 Å². The summed E-state index contributed by atoms with van der Waals surface area (Å²) in [4.78, 5) is 0. The molecule has 3 heteroatoms. The minimum absolute atomic E-state index is 0.0987. The third kappa shape index (κ3) is 14.4. The maximum atomic E-state index is 11.5. The van der Waals surface area contributed by atoms with Crippen LogP contribution in [0.4, 0.5) is 0 Å². The third-order valence-corrected chi connectivity index (χ3v) is 7.52. The first kappa shape index (κ1) is 28.4. The van der Waals surface area contributed by atoms with E-state index in [0.29, 0.717) is 0 Å². The Bertz CT molecular complexity index is 320. The number of likely N-dealkylation sites (N-methyl/N-ethyl adjacent to an activating group) is 1. The number of nitrogens with zero attached hydrogens (tertiary/aromatic N) is 1. The van der Waals surface area contributed by atoms with E-state index in [1.54, 1.807) is 0 Å². The van der Waals surface area contributed by atoms with Gasteiger partial charge in [-0.25, -0.2) is 0 Å². The molecule has 0 saturated heterocycles. The molecule has 0 aliphatic rings. The zero-order valence-electron chi connectivity index (χ0n) is 20.2. The highest BCUT2D eigenvalue weighted by Gasteiger charge is 2.35. The fourth-order valence-electron chi connectivity index (χ4n) is 4.25. The molecule has 0 aliphatic heterocycles. The molecule has 0 rings (SSSR count). The maximum absolute atomic E-state index is 11.5. The van der Waals surface area contributed by atoms with Crippen LogP contribution in [0.25, 0.3) is 0 Å². The zero-order chi connectivity index (χ0) is 21.3. The molecule has 0 saturated carbocycles. The molecule has 0 fully saturated rings. The highest BCUT2D eigenvalue weighted by molar-refractivity contribution is 7.17. The molecule has 0 aromatic rings. The van der Waals surface area contributed by atoms with Gasteiger partial charge in [-0.15, -0.1) is 0 Å². The number of unbranched alkanes of at least 4 members (excludes halogenated alkanes) is 14. The average molecular weight is 416 g/mol. The topological polar surface area (TPSA) is 20.2 Å². The summed E-state index contributed by atoms with van der Waals surface area (Å²) in [5.41, 5.74) is -0.584. The van der Waals surface area contributed by atoms with Gasteiger partial charge in [0.05, 0.1) is 26.7 Å². The van der Waals surface area contributed by atoms with E-state index >= 15 is 0 Å². The first-order chi connectivity index (χ1) is 13.3. The van der Waals surface area contributed by atoms with Crippen LogP contribution in [-0.2, 0) is 0 Å². The number of aliphatic hydroxyl groups is 1. The van der Waals surface area contributed by atoms with Crippen molar-refractivity contribution in [3.63, 3.8) is 0 Å². The molecule has 0 aromatic carbocycles. The van der Waals surface area contributed by atoms with Gasteiger partial charge in [0.25, 0.3) is 0 Å². The lowest BCUT2D eigenvalue weighted by Crippen LogP contribution is -2.55. The molecule has 1 unspecified atom stereocenters. The Labute approximate surface area is 181 Å². The van der Waals surface area contributed by atoms with Crippen LogP contribution in [0, 0.1) is 0 Å². The van der Waals surface area contributed by atoms with E-state index in [-0.39, 0.29) is 5.78 Å². The smallest absolute Gasteiger partial charge is 0.0878 e. The predicted molar refractivity (Wildman–Crippen MR) is 130 cm³/mol. The molecular formula is C25H54NOP. The fraction of sp³-hybridized carbons (Fsp3) is 1.00. The van der Waals surface area contributed by atoms with Crippen LogP contribution in [0.15, 0.2) is 0 Å². The molecule has 2 nitrogen and oxygen atoms in total. The van der Waals surface area contributed by atoms with Crippen LogP contribution in [0.2, 0.25) is 0 Å². The summed E-state index contributed by atoms with van der Waals surface area (Å²) in [7, 11) is 10.5. The zero-order valence-corrected chi connectivity index (χ0v) is 21.2. The van der Waals surface area contributed by atoms with Crippen LogP contribution in [0.5, 0.6) is 0 Å². The second kappa shape index (κ2) is 17.1. The van der Waals surface area contributed by atoms with E-state index in [9.17, 15) is 5.11 Å². The van der Waals surface area contributed by atoms with Gasteiger partial charge in [0, 0.05) is 0 Å². The molecule has 1 atom stereocenters. The fourth-order valence-corrected chi connectivity index (χ4v) is 4.54. The SMILES string of the molecule is CCCCCCCCCCC(O)(CCCCCCCCCC)C([PH-])[N+](C)(C)C. The predicted octanol–water partition coefficient (Wildman–Crippen LogP) is 7.95. The highest BCUT2D eigenvalue weighted by atomic mass is 31.0. The molecule has 0 radical (unpaired) electrons. The Hall–Kier alpha value is 0.350. The number of rotatable bonds is 20. The van der Waals surface area contributed by atoms with E-state index in [4.69, 9.17) is 0 Å². The van der Waals surface area contributed by atoms with Crippen molar-refractivity contribution in [2.75, 3.05) is 21.1 Å². The maximum Gasteiger partial charge on any atom is 0.0878 e. The Morgan fingerprint density at radius 2 is 0.893 bits per heavy atom. The Morgan fingerprint density at radius 3 is 1.18 bits per heavy atom. The standard InChI is InChI=1S/C25H54NOP/c1-6-8-10-12-14-16-18-20-22-25(27,24(28)26(3,4)5)23-21-19-17-15-13-11-9-7-2/h24,27-28H,6-23H2,1-5H3. The molecule has 0 aliphatic carbocycles. The first-order valence-electron chi connectivity index (χ1n) is 12.5. The Morgan fingerprint density at radius 1 is 0.607 bits per heavy atom. The molecule has 0 heterocycles. The summed E-state index contributed by atoms with van der Waals surface area (Å²) in [5.74, 6) is 0.0987. The molecule has 0 amide bonds. The van der Waals surface area contributed by atoms with E-state index in [1.165, 1.54) is 89.9 Å². The summed E-state index contributed by atoms with van der Waals surface area (Å²) < 4.78 is 0.765. The minimum Gasteiger partial charge on any atom is -0.489 e. The van der Waals surface area contributed by atoms with Crippen molar-refractivity contribution in [1.82, 2.24) is 0 Å². The lowest BCUT2D eigenvalue weighted by atomic mass is 9.88.